The summed E-state index contributed by atoms with van der Waals surface area (Å²) in [5.41, 5.74) is 3.21. The summed E-state index contributed by atoms with van der Waals surface area (Å²) in [4.78, 5) is 49.1. The zero-order chi connectivity index (χ0) is 24.0. The summed E-state index contributed by atoms with van der Waals surface area (Å²) in [6, 6.07) is 11.0. The number of nitrogens with zero attached hydrogens (tertiary/aromatic N) is 1. The molecule has 3 amide bonds. The number of methoxy groups -OCH3 is 2. The first-order chi connectivity index (χ1) is 15.8. The summed E-state index contributed by atoms with van der Waals surface area (Å²) in [7, 11) is 2.91. The largest absolute Gasteiger partial charge is 0.493 e. The Morgan fingerprint density at radius 3 is 2.42 bits per heavy atom. The van der Waals surface area contributed by atoms with Gasteiger partial charge in [-0.05, 0) is 42.5 Å². The normalized spacial score (nSPS) is 15.1. The van der Waals surface area contributed by atoms with E-state index in [0.717, 1.165) is 5.01 Å². The number of hydrazine groups is 1. The average Bonchev–Trinajstić information content (AvgIpc) is 3.18. The molecule has 0 radical (unpaired) electrons. The highest BCUT2D eigenvalue weighted by atomic mass is 35.5. The predicted molar refractivity (Wildman–Crippen MR) is 118 cm³/mol. The summed E-state index contributed by atoms with van der Waals surface area (Å²) in [5.74, 6) is -2.25. The van der Waals surface area contributed by atoms with E-state index < -0.39 is 36.2 Å². The van der Waals surface area contributed by atoms with Crippen molar-refractivity contribution in [2.45, 2.75) is 6.42 Å². The third kappa shape index (κ3) is 6.13. The molecule has 1 aliphatic heterocycles. The Balaban J connectivity index is 1.50. The number of anilines is 1. The van der Waals surface area contributed by atoms with E-state index in [9.17, 15) is 19.2 Å². The summed E-state index contributed by atoms with van der Waals surface area (Å²) in [5, 5.41) is 4.14. The van der Waals surface area contributed by atoms with Crippen LogP contribution in [0.5, 0.6) is 11.5 Å². The fraction of sp³-hybridized carbons (Fsp3) is 0.273. The predicted octanol–water partition coefficient (Wildman–Crippen LogP) is 2.03. The molecule has 0 bridgehead atoms. The molecule has 1 fully saturated rings. The van der Waals surface area contributed by atoms with E-state index in [0.29, 0.717) is 22.2 Å². The molecule has 2 N–H and O–H groups in total. The van der Waals surface area contributed by atoms with Crippen molar-refractivity contribution in [3.05, 3.63) is 53.1 Å². The van der Waals surface area contributed by atoms with E-state index in [1.54, 1.807) is 30.3 Å². The Kier molecular flexibility index (Phi) is 7.73. The Morgan fingerprint density at radius 2 is 1.76 bits per heavy atom. The van der Waals surface area contributed by atoms with Gasteiger partial charge in [-0.15, -0.1) is 0 Å². The second-order valence-electron chi connectivity index (χ2n) is 7.08. The molecular formula is C22H22ClN3O7. The number of rotatable bonds is 8. The molecule has 0 unspecified atom stereocenters. The standard InChI is InChI=1S/C22H22ClN3O7/c1-31-17-8-3-13(9-18(17)32-2)21(29)25-26-11-14(10-20(26)28)22(30)33-12-19(27)24-16-6-4-15(23)5-7-16/h3-9,14H,10-12H2,1-2H3,(H,24,27)(H,25,29)/t14-/m0/s1. The molecule has 1 atom stereocenters. The molecule has 33 heavy (non-hydrogen) atoms. The van der Waals surface area contributed by atoms with E-state index in [2.05, 4.69) is 10.7 Å². The van der Waals surface area contributed by atoms with Crippen LogP contribution in [-0.2, 0) is 19.1 Å². The van der Waals surface area contributed by atoms with Crippen LogP contribution in [0.1, 0.15) is 16.8 Å². The molecule has 0 saturated carbocycles. The lowest BCUT2D eigenvalue weighted by Gasteiger charge is -2.18. The van der Waals surface area contributed by atoms with Crippen molar-refractivity contribution < 1.29 is 33.4 Å². The smallest absolute Gasteiger partial charge is 0.311 e. The van der Waals surface area contributed by atoms with Crippen molar-refractivity contribution in [3.63, 3.8) is 0 Å². The van der Waals surface area contributed by atoms with Crippen LogP contribution in [-0.4, -0.2) is 56.1 Å². The SMILES string of the molecule is COc1ccc(C(=O)NN2C[C@@H](C(=O)OCC(=O)Nc3ccc(Cl)cc3)CC2=O)cc1OC. The minimum atomic E-state index is -0.813. The molecule has 1 heterocycles. The van der Waals surface area contributed by atoms with E-state index in [1.807, 2.05) is 0 Å². The molecular weight excluding hydrogens is 454 g/mol. The van der Waals surface area contributed by atoms with Crippen LogP contribution in [0.25, 0.3) is 0 Å². The summed E-state index contributed by atoms with van der Waals surface area (Å²) in [6.07, 6.45) is -0.149. The van der Waals surface area contributed by atoms with Crippen LogP contribution >= 0.6 is 11.6 Å². The van der Waals surface area contributed by atoms with Gasteiger partial charge in [0.2, 0.25) is 5.91 Å². The van der Waals surface area contributed by atoms with Crippen molar-refractivity contribution in [1.29, 1.82) is 0 Å². The van der Waals surface area contributed by atoms with Crippen LogP contribution in [0, 0.1) is 5.92 Å². The number of carbonyl (C=O) groups is 4. The quantitative estimate of drug-likeness (QED) is 0.560. The zero-order valence-electron chi connectivity index (χ0n) is 17.9. The first-order valence-corrected chi connectivity index (χ1v) is 10.2. The molecule has 11 heteroatoms. The van der Waals surface area contributed by atoms with Gasteiger partial charge in [0, 0.05) is 22.7 Å². The number of benzene rings is 2. The van der Waals surface area contributed by atoms with E-state index >= 15 is 0 Å². The van der Waals surface area contributed by atoms with E-state index in [1.165, 1.54) is 26.4 Å². The highest BCUT2D eigenvalue weighted by Crippen LogP contribution is 2.27. The van der Waals surface area contributed by atoms with Gasteiger partial charge in [0.25, 0.3) is 11.8 Å². The highest BCUT2D eigenvalue weighted by molar-refractivity contribution is 6.30. The number of carbonyl (C=O) groups excluding carboxylic acids is 4. The molecule has 2 aromatic rings. The third-order valence-electron chi connectivity index (χ3n) is 4.81. The third-order valence-corrected chi connectivity index (χ3v) is 5.07. The number of halogens is 1. The van der Waals surface area contributed by atoms with Crippen LogP contribution in [0.3, 0.4) is 0 Å². The summed E-state index contributed by atoms with van der Waals surface area (Å²) in [6.45, 7) is -0.584. The van der Waals surface area contributed by atoms with Gasteiger partial charge >= 0.3 is 5.97 Å². The van der Waals surface area contributed by atoms with Gasteiger partial charge in [0.1, 0.15) is 0 Å². The van der Waals surface area contributed by atoms with Gasteiger partial charge in [-0.25, -0.2) is 0 Å². The molecule has 174 valence electrons. The van der Waals surface area contributed by atoms with Gasteiger partial charge in [0.05, 0.1) is 26.7 Å². The fourth-order valence-corrected chi connectivity index (χ4v) is 3.25. The summed E-state index contributed by atoms with van der Waals surface area (Å²) < 4.78 is 15.3. The fourth-order valence-electron chi connectivity index (χ4n) is 3.12. The molecule has 0 aromatic heterocycles. The monoisotopic (exact) mass is 475 g/mol. The number of esters is 1. The van der Waals surface area contributed by atoms with E-state index in [-0.39, 0.29) is 18.5 Å². The lowest BCUT2D eigenvalue weighted by atomic mass is 10.1. The number of ether oxygens (including phenoxy) is 3. The first kappa shape index (κ1) is 23.9. The van der Waals surface area contributed by atoms with Crippen molar-refractivity contribution in [3.8, 4) is 11.5 Å². The number of amides is 3. The van der Waals surface area contributed by atoms with Crippen molar-refractivity contribution in [2.75, 3.05) is 32.7 Å². The van der Waals surface area contributed by atoms with Crippen molar-refractivity contribution in [2.24, 2.45) is 5.92 Å². The van der Waals surface area contributed by atoms with Gasteiger partial charge < -0.3 is 19.5 Å². The van der Waals surface area contributed by atoms with Crippen LogP contribution in [0.2, 0.25) is 5.02 Å². The van der Waals surface area contributed by atoms with Gasteiger partial charge in [-0.2, -0.15) is 0 Å². The number of hydrogen-bond acceptors (Lipinski definition) is 7. The molecule has 2 aromatic carbocycles. The van der Waals surface area contributed by atoms with Gasteiger partial charge in [0.15, 0.2) is 18.1 Å². The molecule has 10 nitrogen and oxygen atoms in total. The summed E-state index contributed by atoms with van der Waals surface area (Å²) >= 11 is 5.79. The minimum Gasteiger partial charge on any atom is -0.493 e. The van der Waals surface area contributed by atoms with Crippen molar-refractivity contribution >= 4 is 41.0 Å². The number of nitrogens with one attached hydrogen (secondary N) is 2. The minimum absolute atomic E-state index is 0.0739. The lowest BCUT2D eigenvalue weighted by Crippen LogP contribution is -2.43. The van der Waals surface area contributed by atoms with Gasteiger partial charge in [-0.3, -0.25) is 29.6 Å². The maximum atomic E-state index is 12.5. The van der Waals surface area contributed by atoms with Gasteiger partial charge in [-0.1, -0.05) is 11.6 Å². The van der Waals surface area contributed by atoms with Crippen molar-refractivity contribution in [1.82, 2.24) is 10.4 Å². The molecule has 0 aliphatic carbocycles. The Labute approximate surface area is 194 Å². The maximum Gasteiger partial charge on any atom is 0.311 e. The number of hydrogen-bond donors (Lipinski definition) is 2. The first-order valence-electron chi connectivity index (χ1n) is 9.86. The molecule has 1 saturated heterocycles. The topological polar surface area (TPSA) is 123 Å². The second-order valence-corrected chi connectivity index (χ2v) is 7.52. The molecule has 0 spiro atoms. The molecule has 1 aliphatic rings. The molecule has 3 rings (SSSR count). The maximum absolute atomic E-state index is 12.5. The Hall–Kier alpha value is -3.79. The lowest BCUT2D eigenvalue weighted by molar-refractivity contribution is -0.151. The average molecular weight is 476 g/mol. The van der Waals surface area contributed by atoms with Crippen LogP contribution in [0.4, 0.5) is 5.69 Å². The zero-order valence-corrected chi connectivity index (χ0v) is 18.7. The second kappa shape index (κ2) is 10.7. The Bertz CT molecular complexity index is 1060. The van der Waals surface area contributed by atoms with Crippen LogP contribution in [0.15, 0.2) is 42.5 Å². The Morgan fingerprint density at radius 1 is 1.06 bits per heavy atom. The van der Waals surface area contributed by atoms with E-state index in [4.69, 9.17) is 25.8 Å². The highest BCUT2D eigenvalue weighted by Gasteiger charge is 2.36. The van der Waals surface area contributed by atoms with Crippen LogP contribution < -0.4 is 20.2 Å².